The van der Waals surface area contributed by atoms with Gasteiger partial charge in [0.25, 0.3) is 0 Å². The number of nitrogens with one attached hydrogen (secondary N) is 1. The number of aromatic nitrogens is 3. The molecule has 1 N–H and O–H groups in total. The molecule has 1 unspecified atom stereocenters. The Hall–Kier alpha value is -1.24. The van der Waals surface area contributed by atoms with Crippen molar-refractivity contribution in [1.82, 2.24) is 20.3 Å². The van der Waals surface area contributed by atoms with Gasteiger partial charge in [0.2, 0.25) is 0 Å². The van der Waals surface area contributed by atoms with Crippen LogP contribution in [0.1, 0.15) is 25.5 Å². The van der Waals surface area contributed by atoms with E-state index in [1.807, 2.05) is 30.5 Å². The molecular formula is C15H19BrN4O. The first-order valence-electron chi connectivity index (χ1n) is 7.15. The highest BCUT2D eigenvalue weighted by Gasteiger charge is 2.27. The molecule has 5 nitrogen and oxygen atoms in total. The first-order chi connectivity index (χ1) is 10.2. The highest BCUT2D eigenvalue weighted by Crippen LogP contribution is 2.20. The van der Waals surface area contributed by atoms with E-state index in [0.717, 1.165) is 41.9 Å². The molecule has 1 aliphatic rings. The van der Waals surface area contributed by atoms with Crippen LogP contribution in [0.25, 0.3) is 5.69 Å². The molecule has 1 fully saturated rings. The highest BCUT2D eigenvalue weighted by atomic mass is 79.9. The largest absolute Gasteiger partial charge is 0.380 e. The van der Waals surface area contributed by atoms with E-state index in [-0.39, 0.29) is 5.54 Å². The minimum atomic E-state index is 0.0371. The van der Waals surface area contributed by atoms with E-state index in [1.54, 1.807) is 4.68 Å². The van der Waals surface area contributed by atoms with Crippen molar-refractivity contribution in [3.05, 3.63) is 40.6 Å². The maximum Gasteiger partial charge on any atom is 0.0969 e. The summed E-state index contributed by atoms with van der Waals surface area (Å²) in [5.41, 5.74) is 1.95. The lowest BCUT2D eigenvalue weighted by Crippen LogP contribution is -2.48. The lowest BCUT2D eigenvalue weighted by Gasteiger charge is -2.34. The van der Waals surface area contributed by atoms with Crippen molar-refractivity contribution in [2.45, 2.75) is 31.8 Å². The average Bonchev–Trinajstić information content (AvgIpc) is 2.95. The second-order valence-corrected chi connectivity index (χ2v) is 6.53. The Morgan fingerprint density at radius 2 is 2.29 bits per heavy atom. The molecule has 0 bridgehead atoms. The van der Waals surface area contributed by atoms with Gasteiger partial charge in [0.1, 0.15) is 0 Å². The summed E-state index contributed by atoms with van der Waals surface area (Å²) in [5, 5.41) is 12.0. The van der Waals surface area contributed by atoms with Gasteiger partial charge in [0.15, 0.2) is 0 Å². The van der Waals surface area contributed by atoms with Crippen molar-refractivity contribution in [1.29, 1.82) is 0 Å². The number of hydrogen-bond acceptors (Lipinski definition) is 4. The van der Waals surface area contributed by atoms with Crippen molar-refractivity contribution in [3.63, 3.8) is 0 Å². The monoisotopic (exact) mass is 350 g/mol. The Kier molecular flexibility index (Phi) is 4.37. The van der Waals surface area contributed by atoms with Crippen LogP contribution in [0.5, 0.6) is 0 Å². The highest BCUT2D eigenvalue weighted by molar-refractivity contribution is 9.10. The zero-order chi connectivity index (χ0) is 14.7. The number of benzene rings is 1. The van der Waals surface area contributed by atoms with Crippen LogP contribution >= 0.6 is 15.9 Å². The molecular weight excluding hydrogens is 332 g/mol. The molecule has 0 amide bonds. The van der Waals surface area contributed by atoms with Crippen molar-refractivity contribution < 1.29 is 4.74 Å². The van der Waals surface area contributed by atoms with Crippen molar-refractivity contribution >= 4 is 15.9 Å². The lowest BCUT2D eigenvalue weighted by molar-refractivity contribution is 0.0276. The van der Waals surface area contributed by atoms with Crippen LogP contribution in [0.3, 0.4) is 0 Å². The molecule has 1 aromatic heterocycles. The van der Waals surface area contributed by atoms with Gasteiger partial charge in [-0.3, -0.25) is 0 Å². The maximum absolute atomic E-state index is 5.55. The van der Waals surface area contributed by atoms with Crippen LogP contribution in [0.4, 0.5) is 0 Å². The topological polar surface area (TPSA) is 52.0 Å². The number of ether oxygens (including phenoxy) is 1. The van der Waals surface area contributed by atoms with E-state index in [9.17, 15) is 0 Å². The minimum absolute atomic E-state index is 0.0371. The van der Waals surface area contributed by atoms with Crippen LogP contribution in [0.2, 0.25) is 0 Å². The second kappa shape index (κ2) is 6.25. The normalized spacial score (nSPS) is 22.4. The van der Waals surface area contributed by atoms with Crippen LogP contribution in [-0.2, 0) is 11.3 Å². The zero-order valence-electron chi connectivity index (χ0n) is 12.1. The number of halogens is 1. The van der Waals surface area contributed by atoms with Crippen LogP contribution in [-0.4, -0.2) is 33.7 Å². The van der Waals surface area contributed by atoms with Gasteiger partial charge >= 0.3 is 0 Å². The van der Waals surface area contributed by atoms with Gasteiger partial charge in [-0.1, -0.05) is 17.3 Å². The fraction of sp³-hybridized carbons (Fsp3) is 0.467. The van der Waals surface area contributed by atoms with Gasteiger partial charge in [-0.15, -0.1) is 5.10 Å². The average molecular weight is 351 g/mol. The molecule has 1 aliphatic heterocycles. The predicted molar refractivity (Wildman–Crippen MR) is 84.4 cm³/mol. The van der Waals surface area contributed by atoms with Gasteiger partial charge in [0.05, 0.1) is 24.2 Å². The summed E-state index contributed by atoms with van der Waals surface area (Å²) in [6.45, 7) is 4.52. The Morgan fingerprint density at radius 3 is 3.05 bits per heavy atom. The number of para-hydroxylation sites is 1. The van der Waals surface area contributed by atoms with Gasteiger partial charge in [-0.25, -0.2) is 4.68 Å². The summed E-state index contributed by atoms with van der Waals surface area (Å²) in [5.74, 6) is 0. The number of nitrogens with zero attached hydrogens (tertiary/aromatic N) is 3. The van der Waals surface area contributed by atoms with E-state index >= 15 is 0 Å². The molecule has 112 valence electrons. The fourth-order valence-corrected chi connectivity index (χ4v) is 2.98. The van der Waals surface area contributed by atoms with Crippen molar-refractivity contribution in [2.24, 2.45) is 0 Å². The quantitative estimate of drug-likeness (QED) is 0.920. The van der Waals surface area contributed by atoms with Crippen molar-refractivity contribution in [3.8, 4) is 5.69 Å². The number of rotatable bonds is 4. The second-order valence-electron chi connectivity index (χ2n) is 5.68. The molecule has 1 saturated heterocycles. The van der Waals surface area contributed by atoms with Crippen LogP contribution in [0, 0.1) is 0 Å². The third-order valence-electron chi connectivity index (χ3n) is 3.77. The molecule has 1 aromatic carbocycles. The SMILES string of the molecule is CC1(NCc2cn(-c3ccccc3Br)nn2)CCCOC1. The first-order valence-corrected chi connectivity index (χ1v) is 7.94. The molecule has 1 atom stereocenters. The molecule has 6 heteroatoms. The Morgan fingerprint density at radius 1 is 1.43 bits per heavy atom. The lowest BCUT2D eigenvalue weighted by atomic mass is 9.95. The third kappa shape index (κ3) is 3.51. The van der Waals surface area contributed by atoms with E-state index in [4.69, 9.17) is 4.74 Å². The van der Waals surface area contributed by atoms with Gasteiger partial charge in [0, 0.05) is 23.2 Å². The van der Waals surface area contributed by atoms with Crippen molar-refractivity contribution in [2.75, 3.05) is 13.2 Å². The smallest absolute Gasteiger partial charge is 0.0969 e. The summed E-state index contributed by atoms with van der Waals surface area (Å²) in [6, 6.07) is 7.97. The van der Waals surface area contributed by atoms with Gasteiger partial charge in [-0.05, 0) is 47.8 Å². The molecule has 0 saturated carbocycles. The Bertz CT molecular complexity index is 607. The molecule has 0 aliphatic carbocycles. The summed E-state index contributed by atoms with van der Waals surface area (Å²) >= 11 is 3.53. The maximum atomic E-state index is 5.55. The van der Waals surface area contributed by atoms with Gasteiger partial charge < -0.3 is 10.1 Å². The Balaban J connectivity index is 1.67. The standard InChI is InChI=1S/C15H19BrN4O/c1-15(7-4-8-21-11-15)17-9-12-10-20(19-18-12)14-6-3-2-5-13(14)16/h2-3,5-6,10,17H,4,7-9,11H2,1H3. The molecule has 2 aromatic rings. The Labute approximate surface area is 132 Å². The summed E-state index contributed by atoms with van der Waals surface area (Å²) in [6.07, 6.45) is 4.19. The third-order valence-corrected chi connectivity index (χ3v) is 4.44. The van der Waals surface area contributed by atoms with Gasteiger partial charge in [-0.2, -0.15) is 0 Å². The number of hydrogen-bond donors (Lipinski definition) is 1. The molecule has 0 radical (unpaired) electrons. The molecule has 0 spiro atoms. The molecule has 2 heterocycles. The minimum Gasteiger partial charge on any atom is -0.380 e. The molecule has 21 heavy (non-hydrogen) atoms. The first kappa shape index (κ1) is 14.7. The van der Waals surface area contributed by atoms with E-state index in [1.165, 1.54) is 0 Å². The molecule has 3 rings (SSSR count). The summed E-state index contributed by atoms with van der Waals surface area (Å²) in [7, 11) is 0. The zero-order valence-corrected chi connectivity index (χ0v) is 13.6. The fourth-order valence-electron chi connectivity index (χ4n) is 2.51. The predicted octanol–water partition coefficient (Wildman–Crippen LogP) is 2.69. The van der Waals surface area contributed by atoms with Crippen LogP contribution < -0.4 is 5.32 Å². The summed E-state index contributed by atoms with van der Waals surface area (Å²) < 4.78 is 8.35. The van der Waals surface area contributed by atoms with E-state index < -0.39 is 0 Å². The summed E-state index contributed by atoms with van der Waals surface area (Å²) in [4.78, 5) is 0. The van der Waals surface area contributed by atoms with E-state index in [2.05, 4.69) is 38.5 Å². The van der Waals surface area contributed by atoms with Crippen LogP contribution in [0.15, 0.2) is 34.9 Å². The van der Waals surface area contributed by atoms with E-state index in [0.29, 0.717) is 6.54 Å².